The Labute approximate surface area is 136 Å². The fraction of sp³-hybridized carbons (Fsp3) is 0.412. The van der Waals surface area contributed by atoms with E-state index >= 15 is 0 Å². The number of aliphatic imine (C=N–C) groups is 1. The van der Waals surface area contributed by atoms with Crippen molar-refractivity contribution in [2.45, 2.75) is 19.4 Å². The molecule has 0 radical (unpaired) electrons. The Kier molecular flexibility index (Phi) is 6.14. The molecule has 1 heterocycles. The molecule has 0 saturated heterocycles. The Morgan fingerprint density at radius 1 is 1.30 bits per heavy atom. The topological polar surface area (TPSA) is 45.5 Å². The molecule has 6 heteroatoms. The van der Waals surface area contributed by atoms with Gasteiger partial charge in [0.1, 0.15) is 5.82 Å². The Hall–Kier alpha value is -2.37. The zero-order valence-electron chi connectivity index (χ0n) is 14.0. The van der Waals surface area contributed by atoms with Crippen LogP contribution in [0.3, 0.4) is 0 Å². The number of hydrogen-bond acceptors (Lipinski definition) is 2. The average Bonchev–Trinajstić information content (AvgIpc) is 2.95. The van der Waals surface area contributed by atoms with Crippen molar-refractivity contribution in [3.63, 3.8) is 0 Å². The zero-order valence-corrected chi connectivity index (χ0v) is 14.0. The molecule has 2 aromatic rings. The lowest BCUT2D eigenvalue weighted by Crippen LogP contribution is -2.39. The number of nitrogens with zero attached hydrogens (tertiary/aromatic N) is 4. The Balaban J connectivity index is 1.76. The minimum atomic E-state index is -0.214. The Morgan fingerprint density at radius 3 is 2.65 bits per heavy atom. The highest BCUT2D eigenvalue weighted by Gasteiger charge is 2.06. The monoisotopic (exact) mass is 317 g/mol. The van der Waals surface area contributed by atoms with Gasteiger partial charge in [0.05, 0.1) is 6.20 Å². The van der Waals surface area contributed by atoms with E-state index in [1.165, 1.54) is 17.7 Å². The van der Waals surface area contributed by atoms with Gasteiger partial charge in [0.15, 0.2) is 5.96 Å². The number of aromatic nitrogens is 2. The number of nitrogens with one attached hydrogen (secondary N) is 1. The molecule has 1 aromatic heterocycles. The molecule has 1 aromatic carbocycles. The van der Waals surface area contributed by atoms with Gasteiger partial charge in [-0.1, -0.05) is 12.1 Å². The molecule has 0 unspecified atom stereocenters. The lowest BCUT2D eigenvalue weighted by molar-refractivity contribution is 0.475. The van der Waals surface area contributed by atoms with Crippen molar-refractivity contribution in [3.05, 3.63) is 53.6 Å². The van der Waals surface area contributed by atoms with E-state index in [1.54, 1.807) is 19.2 Å². The van der Waals surface area contributed by atoms with Crippen LogP contribution >= 0.6 is 0 Å². The molecule has 0 aliphatic carbocycles. The SMILES string of the molecule is CN=C(NCCCc1cnn(C)c1)N(C)Cc1ccc(F)cc1. The lowest BCUT2D eigenvalue weighted by atomic mass is 10.2. The van der Waals surface area contributed by atoms with Crippen LogP contribution in [0.2, 0.25) is 0 Å². The zero-order chi connectivity index (χ0) is 16.7. The molecule has 0 saturated carbocycles. The van der Waals surface area contributed by atoms with Crippen molar-refractivity contribution < 1.29 is 4.39 Å². The van der Waals surface area contributed by atoms with Gasteiger partial charge in [0.25, 0.3) is 0 Å². The lowest BCUT2D eigenvalue weighted by Gasteiger charge is -2.22. The maximum Gasteiger partial charge on any atom is 0.193 e. The first-order valence-corrected chi connectivity index (χ1v) is 7.72. The molecular formula is C17H24FN5. The van der Waals surface area contributed by atoms with E-state index in [1.807, 2.05) is 36.1 Å². The smallest absolute Gasteiger partial charge is 0.193 e. The van der Waals surface area contributed by atoms with Crippen molar-refractivity contribution in [3.8, 4) is 0 Å². The van der Waals surface area contributed by atoms with Crippen molar-refractivity contribution in [2.24, 2.45) is 12.0 Å². The molecule has 1 N–H and O–H groups in total. The first kappa shape index (κ1) is 17.0. The van der Waals surface area contributed by atoms with E-state index in [-0.39, 0.29) is 5.82 Å². The number of hydrogen-bond donors (Lipinski definition) is 1. The second-order valence-corrected chi connectivity index (χ2v) is 5.58. The minimum Gasteiger partial charge on any atom is -0.356 e. The second kappa shape index (κ2) is 8.31. The summed E-state index contributed by atoms with van der Waals surface area (Å²) >= 11 is 0. The summed E-state index contributed by atoms with van der Waals surface area (Å²) in [5.74, 6) is 0.620. The maximum absolute atomic E-state index is 12.9. The first-order valence-electron chi connectivity index (χ1n) is 7.72. The predicted octanol–water partition coefficient (Wildman–Crippen LogP) is 2.20. The van der Waals surface area contributed by atoms with Crippen molar-refractivity contribution in [1.29, 1.82) is 0 Å². The average molecular weight is 317 g/mol. The highest BCUT2D eigenvalue weighted by atomic mass is 19.1. The van der Waals surface area contributed by atoms with Gasteiger partial charge < -0.3 is 10.2 Å². The van der Waals surface area contributed by atoms with E-state index < -0.39 is 0 Å². The van der Waals surface area contributed by atoms with Crippen LogP contribution in [-0.4, -0.2) is 41.3 Å². The summed E-state index contributed by atoms with van der Waals surface area (Å²) in [7, 11) is 5.67. The molecule has 0 aliphatic rings. The maximum atomic E-state index is 12.9. The Morgan fingerprint density at radius 2 is 2.04 bits per heavy atom. The largest absolute Gasteiger partial charge is 0.356 e. The third-order valence-corrected chi connectivity index (χ3v) is 3.59. The highest BCUT2D eigenvalue weighted by Crippen LogP contribution is 2.06. The number of benzene rings is 1. The van der Waals surface area contributed by atoms with E-state index in [0.717, 1.165) is 30.9 Å². The summed E-state index contributed by atoms with van der Waals surface area (Å²) in [4.78, 5) is 6.32. The molecule has 0 bridgehead atoms. The van der Waals surface area contributed by atoms with Crippen LogP contribution in [0.1, 0.15) is 17.5 Å². The summed E-state index contributed by atoms with van der Waals surface area (Å²) in [6, 6.07) is 6.55. The van der Waals surface area contributed by atoms with Crippen LogP contribution in [0.15, 0.2) is 41.7 Å². The van der Waals surface area contributed by atoms with Gasteiger partial charge in [0.2, 0.25) is 0 Å². The summed E-state index contributed by atoms with van der Waals surface area (Å²) < 4.78 is 14.8. The van der Waals surface area contributed by atoms with E-state index in [4.69, 9.17) is 0 Å². The molecule has 0 aliphatic heterocycles. The molecule has 0 amide bonds. The fourth-order valence-electron chi connectivity index (χ4n) is 2.42. The quantitative estimate of drug-likeness (QED) is 0.505. The van der Waals surface area contributed by atoms with E-state index in [0.29, 0.717) is 6.54 Å². The van der Waals surface area contributed by atoms with Crippen LogP contribution in [0.25, 0.3) is 0 Å². The van der Waals surface area contributed by atoms with Gasteiger partial charge in [0, 0.05) is 40.4 Å². The summed E-state index contributed by atoms with van der Waals surface area (Å²) in [6.45, 7) is 1.53. The van der Waals surface area contributed by atoms with E-state index in [9.17, 15) is 4.39 Å². The van der Waals surface area contributed by atoms with Gasteiger partial charge in [-0.25, -0.2) is 4.39 Å². The molecule has 0 spiro atoms. The molecular weight excluding hydrogens is 293 g/mol. The van der Waals surface area contributed by atoms with Crippen LogP contribution < -0.4 is 5.32 Å². The Bertz CT molecular complexity index is 633. The summed E-state index contributed by atoms with van der Waals surface area (Å²) in [5.41, 5.74) is 2.29. The third-order valence-electron chi connectivity index (χ3n) is 3.59. The standard InChI is InChI=1S/C17H24FN5/c1-19-17(20-10-4-5-15-11-21-23(3)13-15)22(2)12-14-6-8-16(18)9-7-14/h6-9,11,13H,4-5,10,12H2,1-3H3,(H,19,20). The molecule has 0 atom stereocenters. The van der Waals surface area contributed by atoms with Gasteiger partial charge in [-0.15, -0.1) is 0 Å². The van der Waals surface area contributed by atoms with Gasteiger partial charge in [-0.3, -0.25) is 9.67 Å². The minimum absolute atomic E-state index is 0.214. The molecule has 5 nitrogen and oxygen atoms in total. The normalized spacial score (nSPS) is 11.6. The molecule has 23 heavy (non-hydrogen) atoms. The fourth-order valence-corrected chi connectivity index (χ4v) is 2.42. The second-order valence-electron chi connectivity index (χ2n) is 5.58. The number of guanidine groups is 1. The van der Waals surface area contributed by atoms with Crippen molar-refractivity contribution in [2.75, 3.05) is 20.6 Å². The van der Waals surface area contributed by atoms with Crippen LogP contribution in [0.4, 0.5) is 4.39 Å². The first-order chi connectivity index (χ1) is 11.1. The van der Waals surface area contributed by atoms with Gasteiger partial charge >= 0.3 is 0 Å². The number of aryl methyl sites for hydroxylation is 2. The van der Waals surface area contributed by atoms with Crippen molar-refractivity contribution in [1.82, 2.24) is 20.0 Å². The van der Waals surface area contributed by atoms with Crippen molar-refractivity contribution >= 4 is 5.96 Å². The van der Waals surface area contributed by atoms with E-state index in [2.05, 4.69) is 15.4 Å². The highest BCUT2D eigenvalue weighted by molar-refractivity contribution is 5.79. The molecule has 2 rings (SSSR count). The van der Waals surface area contributed by atoms with Crippen LogP contribution in [-0.2, 0) is 20.0 Å². The molecule has 124 valence electrons. The summed E-state index contributed by atoms with van der Waals surface area (Å²) in [6.07, 6.45) is 5.93. The van der Waals surface area contributed by atoms with Crippen LogP contribution in [0, 0.1) is 5.82 Å². The van der Waals surface area contributed by atoms with Gasteiger partial charge in [-0.2, -0.15) is 5.10 Å². The van der Waals surface area contributed by atoms with Gasteiger partial charge in [-0.05, 0) is 36.1 Å². The van der Waals surface area contributed by atoms with Crippen LogP contribution in [0.5, 0.6) is 0 Å². The summed E-state index contributed by atoms with van der Waals surface area (Å²) in [5, 5.41) is 7.52. The molecule has 0 fully saturated rings. The third kappa shape index (κ3) is 5.39. The predicted molar refractivity (Wildman–Crippen MR) is 90.8 cm³/mol. The number of rotatable bonds is 6. The number of halogens is 1.